The standard InChI is InChI=1S/C12H16BrN3O3/c1-14-4-5-15(7-10(14)8-17)11-3-2-9(13)6-12(11)16(18)19/h2-3,6,10,17H,4-5,7-8H2,1H3. The maximum Gasteiger partial charge on any atom is 0.293 e. The molecule has 19 heavy (non-hydrogen) atoms. The Balaban J connectivity index is 2.29. The molecule has 6 nitrogen and oxygen atoms in total. The van der Waals surface area contributed by atoms with Crippen LogP contribution in [0.2, 0.25) is 0 Å². The van der Waals surface area contributed by atoms with Crippen LogP contribution < -0.4 is 4.90 Å². The van der Waals surface area contributed by atoms with Crippen molar-refractivity contribution in [1.82, 2.24) is 4.90 Å². The van der Waals surface area contributed by atoms with Gasteiger partial charge in [0.15, 0.2) is 0 Å². The van der Waals surface area contributed by atoms with E-state index in [0.717, 1.165) is 13.1 Å². The number of nitrogens with zero attached hydrogens (tertiary/aromatic N) is 3. The van der Waals surface area contributed by atoms with Crippen molar-refractivity contribution in [3.8, 4) is 0 Å². The van der Waals surface area contributed by atoms with E-state index in [-0.39, 0.29) is 23.3 Å². The van der Waals surface area contributed by atoms with Gasteiger partial charge in [-0.25, -0.2) is 0 Å². The summed E-state index contributed by atoms with van der Waals surface area (Å²) in [5.74, 6) is 0. The molecule has 1 aromatic carbocycles. The number of nitro benzene ring substituents is 1. The number of halogens is 1. The smallest absolute Gasteiger partial charge is 0.293 e. The topological polar surface area (TPSA) is 69.9 Å². The van der Waals surface area contributed by atoms with E-state index in [9.17, 15) is 15.2 Å². The van der Waals surface area contributed by atoms with Crippen molar-refractivity contribution in [2.24, 2.45) is 0 Å². The number of nitro groups is 1. The van der Waals surface area contributed by atoms with Crippen LogP contribution in [0.5, 0.6) is 0 Å². The van der Waals surface area contributed by atoms with Crippen LogP contribution in [0.25, 0.3) is 0 Å². The lowest BCUT2D eigenvalue weighted by Crippen LogP contribution is -2.53. The highest BCUT2D eigenvalue weighted by Crippen LogP contribution is 2.32. The molecule has 0 aromatic heterocycles. The summed E-state index contributed by atoms with van der Waals surface area (Å²) in [6.45, 7) is 2.14. The summed E-state index contributed by atoms with van der Waals surface area (Å²) in [5, 5.41) is 20.5. The molecule has 7 heteroatoms. The highest BCUT2D eigenvalue weighted by atomic mass is 79.9. The number of anilines is 1. The van der Waals surface area contributed by atoms with E-state index in [1.807, 2.05) is 11.9 Å². The number of aliphatic hydroxyl groups is 1. The minimum absolute atomic E-state index is 0.0111. The largest absolute Gasteiger partial charge is 0.395 e. The second kappa shape index (κ2) is 5.85. The summed E-state index contributed by atoms with van der Waals surface area (Å²) in [6.07, 6.45) is 0. The maximum atomic E-state index is 11.1. The lowest BCUT2D eigenvalue weighted by molar-refractivity contribution is -0.384. The zero-order valence-corrected chi connectivity index (χ0v) is 12.2. The van der Waals surface area contributed by atoms with Crippen molar-refractivity contribution in [2.45, 2.75) is 6.04 Å². The highest BCUT2D eigenvalue weighted by molar-refractivity contribution is 9.10. The fraction of sp³-hybridized carbons (Fsp3) is 0.500. The minimum Gasteiger partial charge on any atom is -0.395 e. The molecule has 1 heterocycles. The van der Waals surface area contributed by atoms with E-state index in [4.69, 9.17) is 0 Å². The van der Waals surface area contributed by atoms with Gasteiger partial charge in [-0.2, -0.15) is 0 Å². The molecule has 1 unspecified atom stereocenters. The van der Waals surface area contributed by atoms with Gasteiger partial charge in [-0.1, -0.05) is 15.9 Å². The van der Waals surface area contributed by atoms with Crippen LogP contribution >= 0.6 is 15.9 Å². The Morgan fingerprint density at radius 3 is 2.89 bits per heavy atom. The van der Waals surface area contributed by atoms with Crippen molar-refractivity contribution >= 4 is 27.3 Å². The number of hydrogen-bond acceptors (Lipinski definition) is 5. The quantitative estimate of drug-likeness (QED) is 0.671. The van der Waals surface area contributed by atoms with Gasteiger partial charge in [0.25, 0.3) is 5.69 Å². The van der Waals surface area contributed by atoms with Crippen LogP contribution in [0, 0.1) is 10.1 Å². The molecule has 0 aliphatic carbocycles. The summed E-state index contributed by atoms with van der Waals surface area (Å²) < 4.78 is 0.691. The molecule has 0 spiro atoms. The van der Waals surface area contributed by atoms with Crippen molar-refractivity contribution in [3.05, 3.63) is 32.8 Å². The van der Waals surface area contributed by atoms with Crippen molar-refractivity contribution in [3.63, 3.8) is 0 Å². The summed E-state index contributed by atoms with van der Waals surface area (Å²) in [4.78, 5) is 14.8. The Morgan fingerprint density at radius 1 is 1.53 bits per heavy atom. The third-order valence-electron chi connectivity index (χ3n) is 3.46. The second-order valence-corrected chi connectivity index (χ2v) is 5.57. The van der Waals surface area contributed by atoms with E-state index in [1.165, 1.54) is 6.07 Å². The number of hydrogen-bond donors (Lipinski definition) is 1. The predicted octanol–water partition coefficient (Wildman–Crippen LogP) is 1.47. The normalized spacial score (nSPS) is 20.6. The van der Waals surface area contributed by atoms with Crippen LogP contribution in [-0.2, 0) is 0 Å². The number of aliphatic hydroxyl groups excluding tert-OH is 1. The van der Waals surface area contributed by atoms with Crippen LogP contribution in [0.4, 0.5) is 11.4 Å². The Hall–Kier alpha value is -1.18. The van der Waals surface area contributed by atoms with Crippen molar-refractivity contribution < 1.29 is 10.0 Å². The molecule has 2 rings (SSSR count). The molecule has 1 saturated heterocycles. The molecule has 1 aliphatic rings. The van der Waals surface area contributed by atoms with Crippen LogP contribution in [0.3, 0.4) is 0 Å². The van der Waals surface area contributed by atoms with Gasteiger partial charge in [0.1, 0.15) is 5.69 Å². The minimum atomic E-state index is -0.369. The van der Waals surface area contributed by atoms with Crippen LogP contribution in [0.1, 0.15) is 0 Å². The first-order valence-corrected chi connectivity index (χ1v) is 6.82. The van der Waals surface area contributed by atoms with E-state index in [0.29, 0.717) is 16.7 Å². The zero-order chi connectivity index (χ0) is 14.0. The average molecular weight is 330 g/mol. The lowest BCUT2D eigenvalue weighted by Gasteiger charge is -2.39. The van der Waals surface area contributed by atoms with Gasteiger partial charge in [-0.05, 0) is 19.2 Å². The van der Waals surface area contributed by atoms with Gasteiger partial charge in [0.2, 0.25) is 0 Å². The van der Waals surface area contributed by atoms with Gasteiger partial charge in [0.05, 0.1) is 17.6 Å². The molecule has 0 amide bonds. The van der Waals surface area contributed by atoms with E-state index < -0.39 is 0 Å². The molecular weight excluding hydrogens is 314 g/mol. The van der Waals surface area contributed by atoms with Gasteiger partial charge in [-0.3, -0.25) is 15.0 Å². The molecule has 0 bridgehead atoms. The first-order valence-electron chi connectivity index (χ1n) is 6.03. The average Bonchev–Trinajstić information content (AvgIpc) is 2.39. The van der Waals surface area contributed by atoms with Gasteiger partial charge < -0.3 is 10.0 Å². The number of rotatable bonds is 3. The lowest BCUT2D eigenvalue weighted by atomic mass is 10.1. The fourth-order valence-corrected chi connectivity index (χ4v) is 2.62. The Kier molecular flexibility index (Phi) is 4.38. The van der Waals surface area contributed by atoms with E-state index in [1.54, 1.807) is 12.1 Å². The molecular formula is C12H16BrN3O3. The summed E-state index contributed by atoms with van der Waals surface area (Å²) in [5.41, 5.74) is 0.704. The van der Waals surface area contributed by atoms with Crippen LogP contribution in [0.15, 0.2) is 22.7 Å². The maximum absolute atomic E-state index is 11.1. The van der Waals surface area contributed by atoms with Crippen molar-refractivity contribution in [2.75, 3.05) is 38.2 Å². The van der Waals surface area contributed by atoms with E-state index >= 15 is 0 Å². The zero-order valence-electron chi connectivity index (χ0n) is 10.6. The Bertz CT molecular complexity index is 483. The Labute approximate surface area is 119 Å². The van der Waals surface area contributed by atoms with Crippen molar-refractivity contribution in [1.29, 1.82) is 0 Å². The molecule has 0 saturated carbocycles. The SMILES string of the molecule is CN1CCN(c2ccc(Br)cc2[N+](=O)[O-])CC1CO. The number of benzene rings is 1. The molecule has 1 aromatic rings. The Morgan fingerprint density at radius 2 is 2.26 bits per heavy atom. The van der Waals surface area contributed by atoms with Crippen LogP contribution in [-0.4, -0.2) is 54.3 Å². The first kappa shape index (κ1) is 14.2. The molecule has 1 fully saturated rings. The molecule has 104 valence electrons. The monoisotopic (exact) mass is 329 g/mol. The predicted molar refractivity (Wildman–Crippen MR) is 76.5 cm³/mol. The second-order valence-electron chi connectivity index (χ2n) is 4.65. The van der Waals surface area contributed by atoms with E-state index in [2.05, 4.69) is 20.8 Å². The number of likely N-dealkylation sites (N-methyl/N-ethyl adjacent to an activating group) is 1. The summed E-state index contributed by atoms with van der Waals surface area (Å²) >= 11 is 3.25. The fourth-order valence-electron chi connectivity index (χ4n) is 2.27. The van der Waals surface area contributed by atoms with Gasteiger partial charge in [0, 0.05) is 30.2 Å². The summed E-state index contributed by atoms with van der Waals surface area (Å²) in [7, 11) is 1.95. The number of piperazine rings is 1. The molecule has 1 atom stereocenters. The van der Waals surface area contributed by atoms with Gasteiger partial charge in [-0.15, -0.1) is 0 Å². The van der Waals surface area contributed by atoms with Gasteiger partial charge >= 0.3 is 0 Å². The third kappa shape index (κ3) is 3.05. The molecule has 0 radical (unpaired) electrons. The molecule has 1 aliphatic heterocycles. The first-order chi connectivity index (χ1) is 9.02. The third-order valence-corrected chi connectivity index (χ3v) is 3.96. The molecule has 1 N–H and O–H groups in total. The summed E-state index contributed by atoms with van der Waals surface area (Å²) in [6, 6.07) is 5.08. The highest BCUT2D eigenvalue weighted by Gasteiger charge is 2.27.